The summed E-state index contributed by atoms with van der Waals surface area (Å²) in [5.41, 5.74) is 22.5. The van der Waals surface area contributed by atoms with Crippen LogP contribution in [0.4, 0.5) is 11.4 Å². The van der Waals surface area contributed by atoms with Crippen LogP contribution in [0.3, 0.4) is 0 Å². The molecule has 0 bridgehead atoms. The monoisotopic (exact) mass is 757 g/mol. The van der Waals surface area contributed by atoms with Gasteiger partial charge in [0.1, 0.15) is 0 Å². The van der Waals surface area contributed by atoms with Gasteiger partial charge in [-0.05, 0) is 76.9 Å². The Bertz CT molecular complexity index is 1420. The van der Waals surface area contributed by atoms with E-state index in [1.165, 1.54) is 187 Å². The summed E-state index contributed by atoms with van der Waals surface area (Å²) in [5.74, 6) is 1.22. The molecule has 0 radical (unpaired) electrons. The van der Waals surface area contributed by atoms with Crippen molar-refractivity contribution in [2.24, 2.45) is 0 Å². The van der Waals surface area contributed by atoms with E-state index >= 15 is 0 Å². The van der Waals surface area contributed by atoms with Gasteiger partial charge in [0.15, 0.2) is 0 Å². The van der Waals surface area contributed by atoms with Crippen molar-refractivity contribution in [1.29, 1.82) is 0 Å². The Morgan fingerprint density at radius 3 is 0.661 bits per heavy atom. The first-order chi connectivity index (χ1) is 27.5. The number of hydrogen-bond acceptors (Lipinski definition) is 2. The summed E-state index contributed by atoms with van der Waals surface area (Å²) in [7, 11) is 0. The van der Waals surface area contributed by atoms with Crippen molar-refractivity contribution in [3.63, 3.8) is 0 Å². The lowest BCUT2D eigenvalue weighted by molar-refractivity contribution is 0.551. The minimum atomic E-state index is 0.405. The molecule has 2 heteroatoms. The molecule has 2 unspecified atom stereocenters. The predicted molar refractivity (Wildman–Crippen MR) is 248 cm³/mol. The Morgan fingerprint density at radius 2 is 0.446 bits per heavy atom. The largest absolute Gasteiger partial charge is 0.399 e. The summed E-state index contributed by atoms with van der Waals surface area (Å²) < 4.78 is 0. The number of hydrogen-bond donors (Lipinski definition) is 2. The second-order valence-corrected chi connectivity index (χ2v) is 17.1. The van der Waals surface area contributed by atoms with E-state index in [1.54, 1.807) is 0 Å². The van der Waals surface area contributed by atoms with Gasteiger partial charge in [-0.15, -0.1) is 0 Å². The molecule has 0 saturated heterocycles. The van der Waals surface area contributed by atoms with Crippen LogP contribution in [0.5, 0.6) is 0 Å². The molecule has 306 valence electrons. The number of rotatable bonds is 30. The molecule has 4 N–H and O–H groups in total. The van der Waals surface area contributed by atoms with Gasteiger partial charge in [-0.3, -0.25) is 0 Å². The molecule has 0 heterocycles. The first-order valence-corrected chi connectivity index (χ1v) is 23.4. The van der Waals surface area contributed by atoms with Crippen LogP contribution in [0.25, 0.3) is 0 Å². The first kappa shape index (κ1) is 45.2. The highest BCUT2D eigenvalue weighted by Gasteiger charge is 2.20. The zero-order valence-corrected chi connectivity index (χ0v) is 36.1. The van der Waals surface area contributed by atoms with Crippen LogP contribution in [0.15, 0.2) is 97.1 Å². The molecule has 56 heavy (non-hydrogen) atoms. The maximum atomic E-state index is 6.14. The van der Waals surface area contributed by atoms with Crippen LogP contribution in [0.1, 0.15) is 226 Å². The third kappa shape index (κ3) is 16.1. The van der Waals surface area contributed by atoms with Crippen LogP contribution in [0.2, 0.25) is 0 Å². The first-order valence-electron chi connectivity index (χ1n) is 23.4. The Kier molecular flexibility index (Phi) is 21.9. The number of benzene rings is 4. The SMILES string of the molecule is CCCCCCCCCCC(c1ccc(N)cc1)c1ccc(C(CCCCCCC)c2ccc(C(CCCCCCCCCC)c3ccc(N)cc3)cc2)cc1. The second kappa shape index (κ2) is 27.2. The molecule has 0 aromatic heterocycles. The van der Waals surface area contributed by atoms with Crippen LogP contribution >= 0.6 is 0 Å². The quantitative estimate of drug-likeness (QED) is 0.0411. The molecule has 0 saturated carbocycles. The maximum Gasteiger partial charge on any atom is 0.0314 e. The Hall–Kier alpha value is -3.52. The average molecular weight is 757 g/mol. The standard InChI is InChI=1S/C54H80N2/c1-4-7-10-13-15-17-20-23-26-53(48-36-40-50(55)41-37-48)46-32-28-44(29-33-46)52(25-22-19-12-9-6-3)45-30-34-47(35-31-45)54(49-38-42-51(56)43-39-49)27-24-21-18-16-14-11-8-5-2/h28-43,52-54H,4-27,55-56H2,1-3H3. The van der Waals surface area contributed by atoms with Gasteiger partial charge in [0.2, 0.25) is 0 Å². The lowest BCUT2D eigenvalue weighted by Gasteiger charge is -2.23. The zero-order chi connectivity index (χ0) is 39.6. The molecule has 4 aromatic rings. The number of unbranched alkanes of at least 4 members (excludes halogenated alkanes) is 18. The van der Waals surface area contributed by atoms with Crippen molar-refractivity contribution in [2.45, 2.75) is 193 Å². The minimum Gasteiger partial charge on any atom is -0.399 e. The highest BCUT2D eigenvalue weighted by atomic mass is 14.5. The Balaban J connectivity index is 1.50. The van der Waals surface area contributed by atoms with Crippen LogP contribution < -0.4 is 11.5 Å². The summed E-state index contributed by atoms with van der Waals surface area (Å²) in [6, 6.07) is 36.9. The molecule has 2 nitrogen and oxygen atoms in total. The summed E-state index contributed by atoms with van der Waals surface area (Å²) in [5, 5.41) is 0. The maximum absolute atomic E-state index is 6.14. The topological polar surface area (TPSA) is 52.0 Å². The molecule has 0 aliphatic rings. The molecular formula is C54H80N2. The third-order valence-corrected chi connectivity index (χ3v) is 12.4. The van der Waals surface area contributed by atoms with E-state index in [0.717, 1.165) is 11.4 Å². The van der Waals surface area contributed by atoms with Crippen molar-refractivity contribution >= 4 is 11.4 Å². The lowest BCUT2D eigenvalue weighted by Crippen LogP contribution is -2.06. The van der Waals surface area contributed by atoms with Gasteiger partial charge in [0.05, 0.1) is 0 Å². The van der Waals surface area contributed by atoms with Gasteiger partial charge in [0.25, 0.3) is 0 Å². The van der Waals surface area contributed by atoms with E-state index in [0.29, 0.717) is 17.8 Å². The zero-order valence-electron chi connectivity index (χ0n) is 36.1. The fourth-order valence-electron chi connectivity index (χ4n) is 8.87. The molecule has 0 spiro atoms. The van der Waals surface area contributed by atoms with Gasteiger partial charge in [0, 0.05) is 29.1 Å². The fourth-order valence-corrected chi connectivity index (χ4v) is 8.87. The van der Waals surface area contributed by atoms with Gasteiger partial charge < -0.3 is 11.5 Å². The van der Waals surface area contributed by atoms with E-state index < -0.39 is 0 Å². The van der Waals surface area contributed by atoms with Gasteiger partial charge >= 0.3 is 0 Å². The molecule has 2 atom stereocenters. The van der Waals surface area contributed by atoms with Crippen molar-refractivity contribution in [1.82, 2.24) is 0 Å². The molecular weight excluding hydrogens is 677 g/mol. The predicted octanol–water partition coefficient (Wildman–Crippen LogP) is 16.7. The van der Waals surface area contributed by atoms with Crippen LogP contribution in [0, 0.1) is 0 Å². The van der Waals surface area contributed by atoms with E-state index in [9.17, 15) is 0 Å². The van der Waals surface area contributed by atoms with Crippen molar-refractivity contribution < 1.29 is 0 Å². The third-order valence-electron chi connectivity index (χ3n) is 12.4. The lowest BCUT2D eigenvalue weighted by atomic mass is 9.81. The van der Waals surface area contributed by atoms with Gasteiger partial charge in [-0.2, -0.15) is 0 Å². The molecule has 0 aliphatic carbocycles. The van der Waals surface area contributed by atoms with E-state index in [4.69, 9.17) is 11.5 Å². The highest BCUT2D eigenvalue weighted by molar-refractivity contribution is 5.45. The number of nitrogen functional groups attached to an aromatic ring is 2. The molecule has 4 rings (SSSR count). The molecule has 4 aromatic carbocycles. The molecule has 0 amide bonds. The van der Waals surface area contributed by atoms with E-state index in [1.807, 2.05) is 0 Å². The summed E-state index contributed by atoms with van der Waals surface area (Å²) >= 11 is 0. The Labute approximate surface area is 344 Å². The van der Waals surface area contributed by atoms with Gasteiger partial charge in [-0.1, -0.05) is 228 Å². The van der Waals surface area contributed by atoms with Crippen molar-refractivity contribution in [2.75, 3.05) is 11.5 Å². The van der Waals surface area contributed by atoms with E-state index in [-0.39, 0.29) is 0 Å². The fraction of sp³-hybridized carbons (Fsp3) is 0.556. The van der Waals surface area contributed by atoms with Crippen molar-refractivity contribution in [3.05, 3.63) is 130 Å². The number of nitrogens with two attached hydrogens (primary N) is 2. The number of anilines is 2. The Morgan fingerprint density at radius 1 is 0.268 bits per heavy atom. The minimum absolute atomic E-state index is 0.405. The molecule has 0 fully saturated rings. The normalized spacial score (nSPS) is 13.1. The smallest absolute Gasteiger partial charge is 0.0314 e. The summed E-state index contributed by atoms with van der Waals surface area (Å²) in [6.45, 7) is 6.91. The average Bonchev–Trinajstić information content (AvgIpc) is 3.22. The second-order valence-electron chi connectivity index (χ2n) is 17.1. The van der Waals surface area contributed by atoms with Gasteiger partial charge in [-0.25, -0.2) is 0 Å². The summed E-state index contributed by atoms with van der Waals surface area (Å²) in [6.07, 6.45) is 31.7. The highest BCUT2D eigenvalue weighted by Crippen LogP contribution is 2.37. The molecule has 0 aliphatic heterocycles. The van der Waals surface area contributed by atoms with Crippen molar-refractivity contribution in [3.8, 4) is 0 Å². The van der Waals surface area contributed by atoms with Crippen LogP contribution in [-0.4, -0.2) is 0 Å². The van der Waals surface area contributed by atoms with E-state index in [2.05, 4.69) is 118 Å². The van der Waals surface area contributed by atoms with Crippen LogP contribution in [-0.2, 0) is 0 Å². The summed E-state index contributed by atoms with van der Waals surface area (Å²) in [4.78, 5) is 0.